The van der Waals surface area contributed by atoms with Crippen molar-refractivity contribution in [3.05, 3.63) is 23.5 Å². The maximum absolute atomic E-state index is 12.3. The zero-order valence-corrected chi connectivity index (χ0v) is 11.9. The predicted molar refractivity (Wildman–Crippen MR) is 66.5 cm³/mol. The Kier molecular flexibility index (Phi) is 4.81. The highest BCUT2D eigenvalue weighted by Crippen LogP contribution is 2.27. The second kappa shape index (κ2) is 5.64. The van der Waals surface area contributed by atoms with Gasteiger partial charge in [0.15, 0.2) is 5.69 Å². The fourth-order valence-electron chi connectivity index (χ4n) is 1.12. The molecule has 0 saturated carbocycles. The van der Waals surface area contributed by atoms with E-state index in [-0.39, 0.29) is 0 Å². The lowest BCUT2D eigenvalue weighted by Crippen LogP contribution is -2.40. The van der Waals surface area contributed by atoms with Gasteiger partial charge in [-0.3, -0.25) is 0 Å². The molecule has 1 rings (SSSR count). The molecule has 1 N–H and O–H groups in total. The van der Waals surface area contributed by atoms with Crippen molar-refractivity contribution in [2.24, 2.45) is 0 Å². The molecule has 1 aromatic heterocycles. The van der Waals surface area contributed by atoms with Crippen LogP contribution in [0.5, 0.6) is 0 Å². The van der Waals surface area contributed by atoms with Gasteiger partial charge in [0.25, 0.3) is 0 Å². The topological polar surface area (TPSA) is 60.9 Å². The van der Waals surface area contributed by atoms with Crippen molar-refractivity contribution in [1.29, 1.82) is 0 Å². The molecule has 0 aromatic carbocycles. The van der Waals surface area contributed by atoms with Gasteiger partial charge < -0.3 is 4.55 Å². The summed E-state index contributed by atoms with van der Waals surface area (Å²) in [6.45, 7) is 7.05. The first-order valence-corrected chi connectivity index (χ1v) is 6.75. The van der Waals surface area contributed by atoms with E-state index in [0.717, 1.165) is 6.07 Å². The number of nitrogens with zero attached hydrogens (tertiary/aromatic N) is 2. The molecule has 0 spiro atoms. The largest absolute Gasteiger partial charge is 0.598 e. The lowest BCUT2D eigenvalue weighted by Gasteiger charge is -2.26. The van der Waals surface area contributed by atoms with Crippen molar-refractivity contribution in [3.63, 3.8) is 0 Å². The van der Waals surface area contributed by atoms with Crippen LogP contribution in [0.2, 0.25) is 0 Å². The smallest absolute Gasteiger partial charge is 0.435 e. The summed E-state index contributed by atoms with van der Waals surface area (Å²) in [5.41, 5.74) is -0.731. The van der Waals surface area contributed by atoms with Gasteiger partial charge in [-0.25, -0.2) is 0 Å². The molecule has 2 atom stereocenters. The summed E-state index contributed by atoms with van der Waals surface area (Å²) in [6.07, 6.45) is -4.50. The molecule has 1 unspecified atom stereocenters. The zero-order chi connectivity index (χ0) is 14.8. The normalized spacial score (nSPS) is 16.2. The van der Waals surface area contributed by atoms with Crippen LogP contribution in [0.25, 0.3) is 0 Å². The Labute approximate surface area is 113 Å². The van der Waals surface area contributed by atoms with Gasteiger partial charge in [-0.2, -0.15) is 18.3 Å². The van der Waals surface area contributed by atoms with Crippen LogP contribution in [0.15, 0.2) is 12.1 Å². The summed E-state index contributed by atoms with van der Waals surface area (Å²) in [7, 11) is 0. The van der Waals surface area contributed by atoms with Crippen LogP contribution >= 0.6 is 0 Å². The fraction of sp³-hybridized carbons (Fsp3) is 0.636. The Hall–Kier alpha value is -0.860. The van der Waals surface area contributed by atoms with E-state index in [0.29, 0.717) is 5.69 Å². The van der Waals surface area contributed by atoms with Gasteiger partial charge in [0.2, 0.25) is 0 Å². The molecule has 1 heterocycles. The van der Waals surface area contributed by atoms with Gasteiger partial charge in [-0.05, 0) is 39.8 Å². The van der Waals surface area contributed by atoms with Gasteiger partial charge in [0, 0.05) is 11.4 Å². The molecule has 0 saturated heterocycles. The van der Waals surface area contributed by atoms with Crippen LogP contribution in [0.4, 0.5) is 13.2 Å². The number of hydrogen-bond acceptors (Lipinski definition) is 4. The Morgan fingerprint density at radius 2 is 1.79 bits per heavy atom. The molecule has 0 radical (unpaired) electrons. The van der Waals surface area contributed by atoms with E-state index >= 15 is 0 Å². The second-order valence-corrected chi connectivity index (χ2v) is 7.06. The third kappa shape index (κ3) is 4.63. The van der Waals surface area contributed by atoms with E-state index in [4.69, 9.17) is 0 Å². The SMILES string of the molecule is CC(N[S@@+]([O-])C(C)(C)C)c1ccc(C(F)(F)F)nn1. The highest BCUT2D eigenvalue weighted by Gasteiger charge is 2.33. The standard InChI is InChI=1S/C11H16F3N3OS/c1-7(17-19(18)10(2,3)4)8-5-6-9(16-15-8)11(12,13)14/h5-7,17H,1-4H3/t7?,19-/m0/s1. The van der Waals surface area contributed by atoms with Gasteiger partial charge >= 0.3 is 6.18 Å². The first-order chi connectivity index (χ1) is 8.51. The van der Waals surface area contributed by atoms with Crippen LogP contribution in [-0.4, -0.2) is 19.5 Å². The second-order valence-electron chi connectivity index (χ2n) is 5.06. The number of nitrogens with one attached hydrogen (secondary N) is 1. The van der Waals surface area contributed by atoms with E-state index in [1.807, 2.05) is 0 Å². The van der Waals surface area contributed by atoms with E-state index in [2.05, 4.69) is 14.9 Å². The van der Waals surface area contributed by atoms with Crippen molar-refractivity contribution in [3.8, 4) is 0 Å². The third-order valence-corrected chi connectivity index (χ3v) is 3.94. The third-order valence-electron chi connectivity index (χ3n) is 2.26. The lowest BCUT2D eigenvalue weighted by atomic mass is 10.2. The molecule has 1 aromatic rings. The Balaban J connectivity index is 2.76. The summed E-state index contributed by atoms with van der Waals surface area (Å²) in [5.74, 6) is 0. The van der Waals surface area contributed by atoms with Crippen molar-refractivity contribution >= 4 is 11.4 Å². The molecule has 8 heteroatoms. The number of aromatic nitrogens is 2. The molecule has 108 valence electrons. The van der Waals surface area contributed by atoms with Crippen molar-refractivity contribution in [2.75, 3.05) is 0 Å². The molecule has 0 fully saturated rings. The Morgan fingerprint density at radius 1 is 1.21 bits per heavy atom. The average molecular weight is 295 g/mol. The quantitative estimate of drug-likeness (QED) is 0.871. The predicted octanol–water partition coefficient (Wildman–Crippen LogP) is 2.61. The number of rotatable bonds is 3. The summed E-state index contributed by atoms with van der Waals surface area (Å²) in [4.78, 5) is 0. The summed E-state index contributed by atoms with van der Waals surface area (Å²) < 4.78 is 51.1. The molecule has 19 heavy (non-hydrogen) atoms. The van der Waals surface area contributed by atoms with Gasteiger partial charge in [0.05, 0.1) is 11.7 Å². The Morgan fingerprint density at radius 3 is 2.16 bits per heavy atom. The summed E-state index contributed by atoms with van der Waals surface area (Å²) >= 11 is -1.33. The fourth-order valence-corrected chi connectivity index (χ4v) is 1.92. The minimum absolute atomic E-state index is 0.311. The van der Waals surface area contributed by atoms with Gasteiger partial charge in [0.1, 0.15) is 4.75 Å². The molecular weight excluding hydrogens is 279 g/mol. The Bertz CT molecular complexity index is 417. The van der Waals surface area contributed by atoms with Crippen LogP contribution in [0, 0.1) is 0 Å². The molecule has 0 amide bonds. The van der Waals surface area contributed by atoms with Crippen molar-refractivity contribution in [2.45, 2.75) is 44.7 Å². The minimum Gasteiger partial charge on any atom is -0.598 e. The highest BCUT2D eigenvalue weighted by atomic mass is 32.2. The van der Waals surface area contributed by atoms with Crippen LogP contribution < -0.4 is 4.72 Å². The van der Waals surface area contributed by atoms with Crippen LogP contribution in [-0.2, 0) is 17.5 Å². The summed E-state index contributed by atoms with van der Waals surface area (Å²) in [6, 6.07) is 1.64. The van der Waals surface area contributed by atoms with E-state index in [1.54, 1.807) is 27.7 Å². The average Bonchev–Trinajstić information content (AvgIpc) is 2.26. The van der Waals surface area contributed by atoms with Gasteiger partial charge in [-0.1, -0.05) is 0 Å². The first-order valence-electron chi connectivity index (χ1n) is 5.60. The summed E-state index contributed by atoms with van der Waals surface area (Å²) in [5, 5.41) is 6.64. The minimum atomic E-state index is -4.50. The lowest BCUT2D eigenvalue weighted by molar-refractivity contribution is -0.141. The monoisotopic (exact) mass is 295 g/mol. The van der Waals surface area contributed by atoms with E-state index in [1.165, 1.54) is 6.07 Å². The molecule has 0 bridgehead atoms. The van der Waals surface area contributed by atoms with Gasteiger partial charge in [-0.15, -0.1) is 9.82 Å². The molecule has 4 nitrogen and oxygen atoms in total. The molecule has 0 aliphatic heterocycles. The highest BCUT2D eigenvalue weighted by molar-refractivity contribution is 7.90. The maximum atomic E-state index is 12.3. The van der Waals surface area contributed by atoms with Crippen LogP contribution in [0.3, 0.4) is 0 Å². The maximum Gasteiger partial charge on any atom is 0.435 e. The molecular formula is C11H16F3N3OS. The molecule has 0 aliphatic rings. The number of halogens is 3. The first kappa shape index (κ1) is 16.2. The zero-order valence-electron chi connectivity index (χ0n) is 11.1. The van der Waals surface area contributed by atoms with Crippen molar-refractivity contribution in [1.82, 2.24) is 14.9 Å². The number of hydrogen-bond donors (Lipinski definition) is 1. The number of alkyl halides is 3. The molecule has 0 aliphatic carbocycles. The van der Waals surface area contributed by atoms with Crippen molar-refractivity contribution < 1.29 is 17.7 Å². The van der Waals surface area contributed by atoms with Crippen LogP contribution in [0.1, 0.15) is 45.1 Å². The van der Waals surface area contributed by atoms with E-state index < -0.39 is 34.0 Å². The van der Waals surface area contributed by atoms with E-state index in [9.17, 15) is 17.7 Å².